The van der Waals surface area contributed by atoms with Crippen LogP contribution in [-0.2, 0) is 0 Å². The van der Waals surface area contributed by atoms with E-state index in [1.807, 2.05) is 11.8 Å². The summed E-state index contributed by atoms with van der Waals surface area (Å²) in [4.78, 5) is 2.52. The molecule has 0 aromatic rings. The third-order valence-corrected chi connectivity index (χ3v) is 4.90. The van der Waals surface area contributed by atoms with Gasteiger partial charge in [-0.15, -0.1) is 0 Å². The molecule has 0 bridgehead atoms. The first-order valence-corrected chi connectivity index (χ1v) is 8.41. The first-order valence-electron chi connectivity index (χ1n) is 7.26. The van der Waals surface area contributed by atoms with Crippen LogP contribution in [0.5, 0.6) is 0 Å². The maximum atomic E-state index is 5.91. The van der Waals surface area contributed by atoms with E-state index < -0.39 is 0 Å². The summed E-state index contributed by atoms with van der Waals surface area (Å²) in [6, 6.07) is 0.593. The molecule has 0 aromatic heterocycles. The molecule has 1 saturated carbocycles. The van der Waals surface area contributed by atoms with Crippen molar-refractivity contribution in [1.29, 1.82) is 0 Å². The summed E-state index contributed by atoms with van der Waals surface area (Å²) >= 11 is 2.03. The van der Waals surface area contributed by atoms with Crippen molar-refractivity contribution in [2.75, 3.05) is 31.6 Å². The fourth-order valence-corrected chi connectivity index (χ4v) is 3.54. The predicted octanol–water partition coefficient (Wildman–Crippen LogP) is 2.97. The lowest BCUT2D eigenvalue weighted by molar-refractivity contribution is 0.182. The largest absolute Gasteiger partial charge is 0.329 e. The van der Waals surface area contributed by atoms with E-state index in [9.17, 15) is 0 Å². The van der Waals surface area contributed by atoms with Crippen LogP contribution in [0.2, 0.25) is 0 Å². The van der Waals surface area contributed by atoms with Crippen molar-refractivity contribution in [3.05, 3.63) is 0 Å². The van der Waals surface area contributed by atoms with Gasteiger partial charge in [0.1, 0.15) is 0 Å². The Morgan fingerprint density at radius 1 is 1.29 bits per heavy atom. The van der Waals surface area contributed by atoms with Gasteiger partial charge in [-0.05, 0) is 43.7 Å². The maximum Gasteiger partial charge on any atom is 0.0223 e. The summed E-state index contributed by atoms with van der Waals surface area (Å²) in [5, 5.41) is 0. The van der Waals surface area contributed by atoms with Crippen LogP contribution in [0.1, 0.15) is 45.4 Å². The van der Waals surface area contributed by atoms with Crippen LogP contribution in [0, 0.1) is 5.92 Å². The number of thioether (sulfide) groups is 1. The van der Waals surface area contributed by atoms with Crippen molar-refractivity contribution in [2.45, 2.75) is 51.5 Å². The Hall–Kier alpha value is 0.270. The molecule has 0 spiro atoms. The molecule has 0 radical (unpaired) electrons. The minimum atomic E-state index is 0.593. The molecule has 2 N–H and O–H groups in total. The first kappa shape index (κ1) is 15.3. The predicted molar refractivity (Wildman–Crippen MR) is 79.7 cm³/mol. The van der Waals surface area contributed by atoms with Crippen molar-refractivity contribution in [2.24, 2.45) is 11.7 Å². The number of hydrogen-bond donors (Lipinski definition) is 1. The maximum absolute atomic E-state index is 5.91. The fourth-order valence-electron chi connectivity index (χ4n) is 2.81. The summed E-state index contributed by atoms with van der Waals surface area (Å²) in [5.74, 6) is 3.42. The number of nitrogens with zero attached hydrogens (tertiary/aromatic N) is 1. The van der Waals surface area contributed by atoms with Gasteiger partial charge in [0.15, 0.2) is 0 Å². The molecular weight excluding hydrogens is 228 g/mol. The molecule has 3 heteroatoms. The highest BCUT2D eigenvalue weighted by Gasteiger charge is 2.19. The molecule has 2 nitrogen and oxygen atoms in total. The van der Waals surface area contributed by atoms with E-state index in [1.165, 1.54) is 56.6 Å². The lowest BCUT2D eigenvalue weighted by atomic mass is 9.88. The monoisotopic (exact) mass is 258 g/mol. The van der Waals surface area contributed by atoms with E-state index in [0.717, 1.165) is 12.5 Å². The lowest BCUT2D eigenvalue weighted by Crippen LogP contribution is -2.41. The van der Waals surface area contributed by atoms with Gasteiger partial charge in [-0.25, -0.2) is 0 Å². The molecule has 1 aliphatic rings. The zero-order chi connectivity index (χ0) is 12.5. The van der Waals surface area contributed by atoms with E-state index in [0.29, 0.717) is 6.04 Å². The topological polar surface area (TPSA) is 29.3 Å². The van der Waals surface area contributed by atoms with Crippen molar-refractivity contribution >= 4 is 11.8 Å². The quantitative estimate of drug-likeness (QED) is 0.679. The number of hydrogen-bond acceptors (Lipinski definition) is 3. The molecule has 0 aliphatic heterocycles. The van der Waals surface area contributed by atoms with Crippen LogP contribution >= 0.6 is 11.8 Å². The van der Waals surface area contributed by atoms with Gasteiger partial charge in [-0.3, -0.25) is 0 Å². The van der Waals surface area contributed by atoms with Gasteiger partial charge < -0.3 is 10.6 Å². The standard InChI is InChI=1S/C14H30N2S/c1-3-17-10-9-14(11-15)16(2)12-13-7-5-4-6-8-13/h13-14H,3-12,15H2,1-2H3. The molecule has 1 unspecified atom stereocenters. The molecule has 1 aliphatic carbocycles. The third-order valence-electron chi connectivity index (χ3n) is 3.97. The second-order valence-electron chi connectivity index (χ2n) is 5.32. The van der Waals surface area contributed by atoms with Crippen molar-refractivity contribution < 1.29 is 0 Å². The molecule has 102 valence electrons. The van der Waals surface area contributed by atoms with Crippen LogP contribution in [-0.4, -0.2) is 42.6 Å². The van der Waals surface area contributed by atoms with Gasteiger partial charge in [-0.2, -0.15) is 11.8 Å². The highest BCUT2D eigenvalue weighted by molar-refractivity contribution is 7.99. The van der Waals surface area contributed by atoms with Crippen LogP contribution in [0.3, 0.4) is 0 Å². The SMILES string of the molecule is CCSCCC(CN)N(C)CC1CCCCC1. The second-order valence-corrected chi connectivity index (χ2v) is 6.71. The van der Waals surface area contributed by atoms with Crippen molar-refractivity contribution in [3.63, 3.8) is 0 Å². The molecule has 0 heterocycles. The summed E-state index contributed by atoms with van der Waals surface area (Å²) in [6.45, 7) is 4.31. The summed E-state index contributed by atoms with van der Waals surface area (Å²) in [7, 11) is 2.27. The summed E-state index contributed by atoms with van der Waals surface area (Å²) in [5.41, 5.74) is 5.91. The van der Waals surface area contributed by atoms with Crippen LogP contribution in [0.4, 0.5) is 0 Å². The second kappa shape index (κ2) is 9.23. The van der Waals surface area contributed by atoms with Gasteiger partial charge in [0.05, 0.1) is 0 Å². The van der Waals surface area contributed by atoms with Crippen molar-refractivity contribution in [1.82, 2.24) is 4.90 Å². The van der Waals surface area contributed by atoms with Gasteiger partial charge in [-0.1, -0.05) is 26.2 Å². The Balaban J connectivity index is 2.23. The van der Waals surface area contributed by atoms with E-state index in [2.05, 4.69) is 18.9 Å². The fraction of sp³-hybridized carbons (Fsp3) is 1.00. The Morgan fingerprint density at radius 2 is 2.00 bits per heavy atom. The Labute approximate surface area is 112 Å². The van der Waals surface area contributed by atoms with E-state index in [-0.39, 0.29) is 0 Å². The molecular formula is C14H30N2S. The molecule has 0 aromatic carbocycles. The normalized spacial score (nSPS) is 19.8. The summed E-state index contributed by atoms with van der Waals surface area (Å²) < 4.78 is 0. The molecule has 0 saturated heterocycles. The van der Waals surface area contributed by atoms with E-state index in [1.54, 1.807) is 0 Å². The van der Waals surface area contributed by atoms with Gasteiger partial charge in [0.25, 0.3) is 0 Å². The summed E-state index contributed by atoms with van der Waals surface area (Å²) in [6.07, 6.45) is 8.46. The minimum absolute atomic E-state index is 0.593. The zero-order valence-electron chi connectivity index (χ0n) is 11.7. The van der Waals surface area contributed by atoms with Gasteiger partial charge in [0, 0.05) is 19.1 Å². The lowest BCUT2D eigenvalue weighted by Gasteiger charge is -2.32. The van der Waals surface area contributed by atoms with Crippen LogP contribution in [0.25, 0.3) is 0 Å². The molecule has 17 heavy (non-hydrogen) atoms. The molecule has 1 fully saturated rings. The van der Waals surface area contributed by atoms with E-state index in [4.69, 9.17) is 5.73 Å². The number of rotatable bonds is 8. The minimum Gasteiger partial charge on any atom is -0.329 e. The Bertz CT molecular complexity index is 181. The Kier molecular flexibility index (Phi) is 8.33. The first-order chi connectivity index (χ1) is 8.27. The molecule has 0 amide bonds. The average Bonchev–Trinajstić information content (AvgIpc) is 2.36. The highest BCUT2D eigenvalue weighted by Crippen LogP contribution is 2.24. The average molecular weight is 258 g/mol. The smallest absolute Gasteiger partial charge is 0.0223 e. The van der Waals surface area contributed by atoms with E-state index >= 15 is 0 Å². The number of nitrogens with two attached hydrogens (primary N) is 1. The van der Waals surface area contributed by atoms with Crippen LogP contribution < -0.4 is 5.73 Å². The number of likely N-dealkylation sites (N-methyl/N-ethyl adjacent to an activating group) is 1. The van der Waals surface area contributed by atoms with Crippen molar-refractivity contribution in [3.8, 4) is 0 Å². The van der Waals surface area contributed by atoms with Crippen LogP contribution in [0.15, 0.2) is 0 Å². The Morgan fingerprint density at radius 3 is 2.59 bits per heavy atom. The third kappa shape index (κ3) is 6.12. The molecule has 1 rings (SSSR count). The van der Waals surface area contributed by atoms with Gasteiger partial charge in [0.2, 0.25) is 0 Å². The zero-order valence-corrected chi connectivity index (χ0v) is 12.5. The highest BCUT2D eigenvalue weighted by atomic mass is 32.2. The van der Waals surface area contributed by atoms with Gasteiger partial charge >= 0.3 is 0 Å². The molecule has 1 atom stereocenters.